The molecule has 0 saturated carbocycles. The standard InChI is InChI=1S/C17H27N5O/c1-2-19-7-13-22(14-8-19)17(23)15-20-9-11-21(12-10-20)16-5-3-4-6-18-16/h3-6H,2,7-15H2,1H3. The number of hydrogen-bond acceptors (Lipinski definition) is 5. The van der Waals surface area contributed by atoms with Gasteiger partial charge in [0.25, 0.3) is 0 Å². The number of aromatic nitrogens is 1. The van der Waals surface area contributed by atoms with Crippen LogP contribution in [0.1, 0.15) is 6.92 Å². The minimum atomic E-state index is 0.284. The summed E-state index contributed by atoms with van der Waals surface area (Å²) >= 11 is 0. The third kappa shape index (κ3) is 4.20. The van der Waals surface area contributed by atoms with Crippen LogP contribution >= 0.6 is 0 Å². The zero-order valence-electron chi connectivity index (χ0n) is 14.0. The Bertz CT molecular complexity index is 493. The summed E-state index contributed by atoms with van der Waals surface area (Å²) in [5, 5.41) is 0. The van der Waals surface area contributed by atoms with Gasteiger partial charge in [0.05, 0.1) is 6.54 Å². The van der Waals surface area contributed by atoms with E-state index < -0.39 is 0 Å². The fraction of sp³-hybridized carbons (Fsp3) is 0.647. The van der Waals surface area contributed by atoms with Crippen LogP contribution in [0.5, 0.6) is 0 Å². The number of pyridine rings is 1. The molecule has 6 heteroatoms. The van der Waals surface area contributed by atoms with Crippen molar-refractivity contribution in [3.8, 4) is 0 Å². The number of hydrogen-bond donors (Lipinski definition) is 0. The molecule has 0 bridgehead atoms. The maximum Gasteiger partial charge on any atom is 0.236 e. The summed E-state index contributed by atoms with van der Waals surface area (Å²) in [6.45, 7) is 11.3. The van der Waals surface area contributed by atoms with Gasteiger partial charge in [-0.25, -0.2) is 4.98 Å². The van der Waals surface area contributed by atoms with E-state index >= 15 is 0 Å². The third-order valence-corrected chi connectivity index (χ3v) is 4.88. The summed E-state index contributed by atoms with van der Waals surface area (Å²) in [4.78, 5) is 25.8. The van der Waals surface area contributed by atoms with E-state index in [4.69, 9.17) is 0 Å². The second-order valence-electron chi connectivity index (χ2n) is 6.27. The van der Waals surface area contributed by atoms with Crippen LogP contribution in [-0.2, 0) is 4.79 Å². The molecule has 2 saturated heterocycles. The molecule has 0 aliphatic carbocycles. The number of piperazine rings is 2. The zero-order chi connectivity index (χ0) is 16.1. The Labute approximate surface area is 138 Å². The van der Waals surface area contributed by atoms with Gasteiger partial charge in [-0.3, -0.25) is 9.69 Å². The SMILES string of the molecule is CCN1CCN(C(=O)CN2CCN(c3ccccn3)CC2)CC1. The van der Waals surface area contributed by atoms with Crippen molar-refractivity contribution in [2.24, 2.45) is 0 Å². The quantitative estimate of drug-likeness (QED) is 0.803. The van der Waals surface area contributed by atoms with Gasteiger partial charge in [-0.2, -0.15) is 0 Å². The van der Waals surface area contributed by atoms with Crippen LogP contribution in [0.25, 0.3) is 0 Å². The molecule has 0 radical (unpaired) electrons. The maximum atomic E-state index is 12.5. The second-order valence-corrected chi connectivity index (χ2v) is 6.27. The Morgan fingerprint density at radius 2 is 1.70 bits per heavy atom. The minimum Gasteiger partial charge on any atom is -0.354 e. The van der Waals surface area contributed by atoms with E-state index in [1.54, 1.807) is 0 Å². The molecule has 23 heavy (non-hydrogen) atoms. The molecule has 0 unspecified atom stereocenters. The first-order chi connectivity index (χ1) is 11.3. The number of likely N-dealkylation sites (N-methyl/N-ethyl adjacent to an activating group) is 1. The predicted octanol–water partition coefficient (Wildman–Crippen LogP) is 0.368. The van der Waals surface area contributed by atoms with Crippen LogP contribution in [0.15, 0.2) is 24.4 Å². The normalized spacial score (nSPS) is 20.7. The van der Waals surface area contributed by atoms with Gasteiger partial charge in [0.15, 0.2) is 0 Å². The van der Waals surface area contributed by atoms with Crippen LogP contribution in [0.2, 0.25) is 0 Å². The van der Waals surface area contributed by atoms with Gasteiger partial charge < -0.3 is 14.7 Å². The average molecular weight is 317 g/mol. The summed E-state index contributed by atoms with van der Waals surface area (Å²) < 4.78 is 0. The molecule has 3 rings (SSSR count). The summed E-state index contributed by atoms with van der Waals surface area (Å²) in [5.41, 5.74) is 0. The molecule has 1 aromatic heterocycles. The van der Waals surface area contributed by atoms with E-state index in [9.17, 15) is 4.79 Å². The monoisotopic (exact) mass is 317 g/mol. The molecule has 0 spiro atoms. The van der Waals surface area contributed by atoms with Crippen molar-refractivity contribution in [2.45, 2.75) is 6.92 Å². The van der Waals surface area contributed by atoms with E-state index in [0.29, 0.717) is 6.54 Å². The molecule has 0 N–H and O–H groups in total. The molecule has 1 aromatic rings. The molecule has 3 heterocycles. The lowest BCUT2D eigenvalue weighted by molar-refractivity contribution is -0.134. The van der Waals surface area contributed by atoms with Crippen LogP contribution in [0, 0.1) is 0 Å². The fourth-order valence-corrected chi connectivity index (χ4v) is 3.28. The van der Waals surface area contributed by atoms with Crippen LogP contribution in [-0.4, -0.2) is 91.0 Å². The van der Waals surface area contributed by atoms with Gasteiger partial charge in [0, 0.05) is 58.6 Å². The van der Waals surface area contributed by atoms with Gasteiger partial charge in [-0.1, -0.05) is 13.0 Å². The number of amides is 1. The number of nitrogens with zero attached hydrogens (tertiary/aromatic N) is 5. The van der Waals surface area contributed by atoms with E-state index in [1.165, 1.54) is 0 Å². The van der Waals surface area contributed by atoms with Crippen molar-refractivity contribution in [1.82, 2.24) is 19.7 Å². The summed E-state index contributed by atoms with van der Waals surface area (Å²) in [6, 6.07) is 6.01. The smallest absolute Gasteiger partial charge is 0.236 e. The number of carbonyl (C=O) groups is 1. The van der Waals surface area contributed by atoms with Crippen LogP contribution in [0.3, 0.4) is 0 Å². The fourth-order valence-electron chi connectivity index (χ4n) is 3.28. The maximum absolute atomic E-state index is 12.5. The number of anilines is 1. The lowest BCUT2D eigenvalue weighted by atomic mass is 10.2. The summed E-state index contributed by atoms with van der Waals surface area (Å²) in [5.74, 6) is 1.32. The van der Waals surface area contributed by atoms with Gasteiger partial charge in [0.1, 0.15) is 5.82 Å². The Balaban J connectivity index is 1.43. The lowest BCUT2D eigenvalue weighted by Gasteiger charge is -2.38. The molecular weight excluding hydrogens is 290 g/mol. The van der Waals surface area contributed by atoms with E-state index in [0.717, 1.165) is 64.7 Å². The van der Waals surface area contributed by atoms with E-state index in [1.807, 2.05) is 29.3 Å². The highest BCUT2D eigenvalue weighted by Crippen LogP contribution is 2.12. The summed E-state index contributed by atoms with van der Waals surface area (Å²) in [7, 11) is 0. The predicted molar refractivity (Wildman–Crippen MR) is 91.6 cm³/mol. The molecule has 0 atom stereocenters. The van der Waals surface area contributed by atoms with Gasteiger partial charge in [-0.05, 0) is 18.7 Å². The Hall–Kier alpha value is -1.66. The molecule has 1 amide bonds. The number of carbonyl (C=O) groups excluding carboxylic acids is 1. The second kappa shape index (κ2) is 7.75. The third-order valence-electron chi connectivity index (χ3n) is 4.88. The first kappa shape index (κ1) is 16.2. The van der Waals surface area contributed by atoms with Crippen LogP contribution in [0.4, 0.5) is 5.82 Å². The first-order valence-corrected chi connectivity index (χ1v) is 8.64. The molecule has 2 fully saturated rings. The van der Waals surface area contributed by atoms with Crippen molar-refractivity contribution >= 4 is 11.7 Å². The zero-order valence-corrected chi connectivity index (χ0v) is 14.0. The molecule has 6 nitrogen and oxygen atoms in total. The number of rotatable bonds is 4. The highest BCUT2D eigenvalue weighted by atomic mass is 16.2. The van der Waals surface area contributed by atoms with Crippen molar-refractivity contribution in [3.63, 3.8) is 0 Å². The highest BCUT2D eigenvalue weighted by molar-refractivity contribution is 5.78. The van der Waals surface area contributed by atoms with E-state index in [-0.39, 0.29) is 5.91 Å². The van der Waals surface area contributed by atoms with Crippen molar-refractivity contribution in [2.75, 3.05) is 70.3 Å². The van der Waals surface area contributed by atoms with Gasteiger partial charge in [0.2, 0.25) is 5.91 Å². The molecule has 2 aliphatic heterocycles. The largest absolute Gasteiger partial charge is 0.354 e. The average Bonchev–Trinajstić information content (AvgIpc) is 2.63. The highest BCUT2D eigenvalue weighted by Gasteiger charge is 2.24. The minimum absolute atomic E-state index is 0.284. The van der Waals surface area contributed by atoms with Crippen molar-refractivity contribution in [3.05, 3.63) is 24.4 Å². The topological polar surface area (TPSA) is 42.9 Å². The molecule has 0 aromatic carbocycles. The van der Waals surface area contributed by atoms with E-state index in [2.05, 4.69) is 26.6 Å². The Morgan fingerprint density at radius 3 is 2.30 bits per heavy atom. The Morgan fingerprint density at radius 1 is 1.00 bits per heavy atom. The molecular formula is C17H27N5O. The van der Waals surface area contributed by atoms with Crippen LogP contribution < -0.4 is 4.90 Å². The molecule has 126 valence electrons. The van der Waals surface area contributed by atoms with Crippen molar-refractivity contribution < 1.29 is 4.79 Å². The van der Waals surface area contributed by atoms with Gasteiger partial charge >= 0.3 is 0 Å². The summed E-state index contributed by atoms with van der Waals surface area (Å²) in [6.07, 6.45) is 1.83. The lowest BCUT2D eigenvalue weighted by Crippen LogP contribution is -2.53. The Kier molecular flexibility index (Phi) is 5.46. The van der Waals surface area contributed by atoms with Gasteiger partial charge in [-0.15, -0.1) is 0 Å². The first-order valence-electron chi connectivity index (χ1n) is 8.64. The molecule has 2 aliphatic rings. The van der Waals surface area contributed by atoms with Crippen molar-refractivity contribution in [1.29, 1.82) is 0 Å².